The fourth-order valence-corrected chi connectivity index (χ4v) is 2.73. The highest BCUT2D eigenvalue weighted by atomic mass is 15.2. The van der Waals surface area contributed by atoms with Crippen molar-refractivity contribution >= 4 is 5.96 Å². The summed E-state index contributed by atoms with van der Waals surface area (Å²) in [5.74, 6) is 0.915. The van der Waals surface area contributed by atoms with Crippen LogP contribution in [0.1, 0.15) is 51.8 Å². The van der Waals surface area contributed by atoms with Crippen molar-refractivity contribution in [3.8, 4) is 0 Å². The molecule has 142 valence electrons. The lowest BCUT2D eigenvalue weighted by Crippen LogP contribution is -2.42. The second kappa shape index (κ2) is 12.7. The summed E-state index contributed by atoms with van der Waals surface area (Å²) in [6.07, 6.45) is 5.23. The van der Waals surface area contributed by atoms with E-state index in [-0.39, 0.29) is 0 Å². The standard InChI is InChI=1S/C20H37N5/c1-6-21-20(22-14-13-19-12-11-17(4)23-16-19)24-18(5)10-9-15-25(7-2)8-3/h11-12,16,18H,6-10,13-15H2,1-5H3,(H2,21,22,24). The lowest BCUT2D eigenvalue weighted by atomic mass is 10.2. The minimum Gasteiger partial charge on any atom is -0.357 e. The quantitative estimate of drug-likeness (QED) is 0.477. The smallest absolute Gasteiger partial charge is 0.191 e. The molecule has 0 bridgehead atoms. The third-order valence-electron chi connectivity index (χ3n) is 4.38. The first-order chi connectivity index (χ1) is 12.1. The average molecular weight is 348 g/mol. The van der Waals surface area contributed by atoms with Gasteiger partial charge in [0, 0.05) is 31.0 Å². The zero-order valence-corrected chi connectivity index (χ0v) is 16.8. The number of nitrogens with zero attached hydrogens (tertiary/aromatic N) is 3. The van der Waals surface area contributed by atoms with Gasteiger partial charge in [0.25, 0.3) is 0 Å². The molecule has 1 rings (SSSR count). The molecule has 1 unspecified atom stereocenters. The molecule has 2 N–H and O–H groups in total. The Bertz CT molecular complexity index is 479. The Kier molecular flexibility index (Phi) is 10.9. The van der Waals surface area contributed by atoms with Crippen LogP contribution in [0.2, 0.25) is 0 Å². The molecular weight excluding hydrogens is 310 g/mol. The molecule has 0 aliphatic carbocycles. The topological polar surface area (TPSA) is 52.6 Å². The zero-order valence-electron chi connectivity index (χ0n) is 16.8. The Hall–Kier alpha value is -1.62. The monoisotopic (exact) mass is 347 g/mol. The SMILES string of the molecule is CCNC(=NCCc1ccc(C)nc1)NC(C)CCCN(CC)CC. The maximum absolute atomic E-state index is 4.70. The molecule has 0 fully saturated rings. The lowest BCUT2D eigenvalue weighted by molar-refractivity contribution is 0.292. The van der Waals surface area contributed by atoms with Crippen molar-refractivity contribution in [3.63, 3.8) is 0 Å². The number of rotatable bonds is 11. The molecule has 1 aromatic rings. The predicted octanol–water partition coefficient (Wildman–Crippen LogP) is 3.00. The summed E-state index contributed by atoms with van der Waals surface area (Å²) in [6.45, 7) is 15.9. The maximum atomic E-state index is 4.70. The Morgan fingerprint density at radius 3 is 2.60 bits per heavy atom. The van der Waals surface area contributed by atoms with Gasteiger partial charge < -0.3 is 15.5 Å². The summed E-state index contributed by atoms with van der Waals surface area (Å²) in [7, 11) is 0. The minimum absolute atomic E-state index is 0.425. The van der Waals surface area contributed by atoms with E-state index in [4.69, 9.17) is 4.99 Å². The third-order valence-corrected chi connectivity index (χ3v) is 4.38. The van der Waals surface area contributed by atoms with Gasteiger partial charge >= 0.3 is 0 Å². The molecular formula is C20H37N5. The van der Waals surface area contributed by atoms with Gasteiger partial charge in [-0.05, 0) is 71.3 Å². The van der Waals surface area contributed by atoms with E-state index in [9.17, 15) is 0 Å². The van der Waals surface area contributed by atoms with Gasteiger partial charge in [-0.1, -0.05) is 19.9 Å². The second-order valence-electron chi connectivity index (χ2n) is 6.53. The lowest BCUT2D eigenvalue weighted by Gasteiger charge is -2.21. The molecule has 25 heavy (non-hydrogen) atoms. The van der Waals surface area contributed by atoms with E-state index in [0.29, 0.717) is 6.04 Å². The van der Waals surface area contributed by atoms with E-state index in [1.165, 1.54) is 18.5 Å². The van der Waals surface area contributed by atoms with E-state index in [2.05, 4.69) is 60.3 Å². The third kappa shape index (κ3) is 9.44. The minimum atomic E-state index is 0.425. The number of guanidine groups is 1. The van der Waals surface area contributed by atoms with Gasteiger partial charge in [0.1, 0.15) is 0 Å². The van der Waals surface area contributed by atoms with E-state index in [1.807, 2.05) is 13.1 Å². The maximum Gasteiger partial charge on any atom is 0.191 e. The summed E-state index contributed by atoms with van der Waals surface area (Å²) in [4.78, 5) is 11.5. The number of aryl methyl sites for hydroxylation is 1. The number of aliphatic imine (C=N–C) groups is 1. The van der Waals surface area contributed by atoms with Crippen LogP contribution in [-0.4, -0.2) is 54.6 Å². The molecule has 0 aliphatic heterocycles. The van der Waals surface area contributed by atoms with Crippen molar-refractivity contribution in [2.75, 3.05) is 32.7 Å². The van der Waals surface area contributed by atoms with Crippen LogP contribution in [0.4, 0.5) is 0 Å². The van der Waals surface area contributed by atoms with Gasteiger partial charge in [-0.25, -0.2) is 0 Å². The van der Waals surface area contributed by atoms with Crippen LogP contribution >= 0.6 is 0 Å². The molecule has 0 aromatic carbocycles. The second-order valence-corrected chi connectivity index (χ2v) is 6.53. The number of hydrogen-bond acceptors (Lipinski definition) is 3. The van der Waals surface area contributed by atoms with Gasteiger partial charge in [-0.2, -0.15) is 0 Å². The molecule has 1 aromatic heterocycles. The summed E-state index contributed by atoms with van der Waals surface area (Å²) < 4.78 is 0. The first-order valence-corrected chi connectivity index (χ1v) is 9.77. The van der Waals surface area contributed by atoms with Crippen molar-refractivity contribution in [3.05, 3.63) is 29.6 Å². The highest BCUT2D eigenvalue weighted by molar-refractivity contribution is 5.80. The van der Waals surface area contributed by atoms with Gasteiger partial charge in [0.15, 0.2) is 5.96 Å². The predicted molar refractivity (Wildman–Crippen MR) is 108 cm³/mol. The van der Waals surface area contributed by atoms with Crippen LogP contribution in [0.5, 0.6) is 0 Å². The van der Waals surface area contributed by atoms with Gasteiger partial charge in [-0.15, -0.1) is 0 Å². The molecule has 0 amide bonds. The van der Waals surface area contributed by atoms with Crippen LogP contribution in [0.15, 0.2) is 23.3 Å². The molecule has 0 saturated heterocycles. The fourth-order valence-electron chi connectivity index (χ4n) is 2.73. The van der Waals surface area contributed by atoms with Gasteiger partial charge in [0.05, 0.1) is 0 Å². The molecule has 0 spiro atoms. The van der Waals surface area contributed by atoms with Gasteiger partial charge in [0.2, 0.25) is 0 Å². The number of nitrogens with one attached hydrogen (secondary N) is 2. The Labute approximate surface area is 154 Å². The van der Waals surface area contributed by atoms with Crippen molar-refractivity contribution in [2.24, 2.45) is 4.99 Å². The van der Waals surface area contributed by atoms with E-state index in [0.717, 1.165) is 50.7 Å². The van der Waals surface area contributed by atoms with Crippen molar-refractivity contribution in [1.29, 1.82) is 0 Å². The van der Waals surface area contributed by atoms with E-state index >= 15 is 0 Å². The van der Waals surface area contributed by atoms with Crippen LogP contribution in [-0.2, 0) is 6.42 Å². The average Bonchev–Trinajstić information content (AvgIpc) is 2.60. The molecule has 0 aliphatic rings. The molecule has 1 heterocycles. The Morgan fingerprint density at radius 2 is 2.00 bits per heavy atom. The first kappa shape index (κ1) is 21.4. The number of hydrogen-bond donors (Lipinski definition) is 2. The number of aromatic nitrogens is 1. The summed E-state index contributed by atoms with van der Waals surface area (Å²) >= 11 is 0. The van der Waals surface area contributed by atoms with Crippen molar-refractivity contribution < 1.29 is 0 Å². The van der Waals surface area contributed by atoms with Crippen molar-refractivity contribution in [2.45, 2.75) is 59.9 Å². The zero-order chi connectivity index (χ0) is 18.5. The van der Waals surface area contributed by atoms with Crippen LogP contribution in [0, 0.1) is 6.92 Å². The molecule has 5 heteroatoms. The first-order valence-electron chi connectivity index (χ1n) is 9.77. The van der Waals surface area contributed by atoms with E-state index in [1.54, 1.807) is 0 Å². The summed E-state index contributed by atoms with van der Waals surface area (Å²) in [6, 6.07) is 4.61. The molecule has 0 saturated carbocycles. The normalized spacial score (nSPS) is 13.1. The Morgan fingerprint density at radius 1 is 1.24 bits per heavy atom. The summed E-state index contributed by atoms with van der Waals surface area (Å²) in [5.41, 5.74) is 2.29. The van der Waals surface area contributed by atoms with E-state index < -0.39 is 0 Å². The molecule has 5 nitrogen and oxygen atoms in total. The highest BCUT2D eigenvalue weighted by Gasteiger charge is 2.06. The molecule has 0 radical (unpaired) electrons. The van der Waals surface area contributed by atoms with Crippen LogP contribution in [0.25, 0.3) is 0 Å². The number of pyridine rings is 1. The Balaban J connectivity index is 2.39. The largest absolute Gasteiger partial charge is 0.357 e. The highest BCUT2D eigenvalue weighted by Crippen LogP contribution is 2.02. The summed E-state index contributed by atoms with van der Waals surface area (Å²) in [5, 5.41) is 6.87. The fraction of sp³-hybridized carbons (Fsp3) is 0.700. The van der Waals surface area contributed by atoms with Gasteiger partial charge in [-0.3, -0.25) is 9.98 Å². The van der Waals surface area contributed by atoms with Crippen LogP contribution in [0.3, 0.4) is 0 Å². The van der Waals surface area contributed by atoms with Crippen molar-refractivity contribution in [1.82, 2.24) is 20.5 Å². The molecule has 1 atom stereocenters. The van der Waals surface area contributed by atoms with Crippen LogP contribution < -0.4 is 10.6 Å².